The highest BCUT2D eigenvalue weighted by Crippen LogP contribution is 2.11. The summed E-state index contributed by atoms with van der Waals surface area (Å²) in [6.07, 6.45) is 0.536. The molecule has 0 fully saturated rings. The van der Waals surface area contributed by atoms with Crippen LogP contribution in [0.2, 0.25) is 5.15 Å². The largest absolute Gasteiger partial charge is 0.477 e. The van der Waals surface area contributed by atoms with E-state index in [1.807, 2.05) is 6.92 Å². The summed E-state index contributed by atoms with van der Waals surface area (Å²) in [6.45, 7) is 2.53. The van der Waals surface area contributed by atoms with Crippen molar-refractivity contribution in [2.45, 2.75) is 13.3 Å². The standard InChI is InChI=1S/C10H13ClN2O3/c1-6(5-16-2)3-9-12-7(10(14)15)4-8(11)13-9/h4,6H,3,5H2,1-2H3,(H,14,15). The zero-order valence-corrected chi connectivity index (χ0v) is 9.86. The van der Waals surface area contributed by atoms with Crippen molar-refractivity contribution in [2.75, 3.05) is 13.7 Å². The van der Waals surface area contributed by atoms with E-state index in [9.17, 15) is 4.79 Å². The van der Waals surface area contributed by atoms with E-state index in [2.05, 4.69) is 9.97 Å². The molecule has 0 aliphatic carbocycles. The molecule has 0 amide bonds. The minimum atomic E-state index is -1.11. The first-order chi connectivity index (χ1) is 7.52. The highest BCUT2D eigenvalue weighted by molar-refractivity contribution is 6.29. The molecule has 88 valence electrons. The monoisotopic (exact) mass is 244 g/mol. The number of carbonyl (C=O) groups is 1. The summed E-state index contributed by atoms with van der Waals surface area (Å²) in [5.41, 5.74) is -0.0837. The molecular formula is C10H13ClN2O3. The smallest absolute Gasteiger partial charge is 0.354 e. The van der Waals surface area contributed by atoms with Gasteiger partial charge in [0, 0.05) is 26.2 Å². The highest BCUT2D eigenvalue weighted by atomic mass is 35.5. The summed E-state index contributed by atoms with van der Waals surface area (Å²) in [5.74, 6) is -0.468. The van der Waals surface area contributed by atoms with Crippen molar-refractivity contribution >= 4 is 17.6 Å². The van der Waals surface area contributed by atoms with Crippen molar-refractivity contribution in [3.63, 3.8) is 0 Å². The molecule has 1 atom stereocenters. The lowest BCUT2D eigenvalue weighted by atomic mass is 10.1. The lowest BCUT2D eigenvalue weighted by Gasteiger charge is -2.09. The van der Waals surface area contributed by atoms with Crippen molar-refractivity contribution in [2.24, 2.45) is 5.92 Å². The zero-order valence-electron chi connectivity index (χ0n) is 9.11. The van der Waals surface area contributed by atoms with Crippen LogP contribution < -0.4 is 0 Å². The van der Waals surface area contributed by atoms with E-state index < -0.39 is 5.97 Å². The molecule has 1 aromatic rings. The molecule has 1 rings (SSSR count). The van der Waals surface area contributed by atoms with Crippen LogP contribution in [-0.2, 0) is 11.2 Å². The molecule has 0 bridgehead atoms. The van der Waals surface area contributed by atoms with Gasteiger partial charge in [-0.25, -0.2) is 14.8 Å². The lowest BCUT2D eigenvalue weighted by Crippen LogP contribution is -2.12. The first-order valence-corrected chi connectivity index (χ1v) is 5.16. The van der Waals surface area contributed by atoms with E-state index in [4.69, 9.17) is 21.4 Å². The molecule has 16 heavy (non-hydrogen) atoms. The predicted octanol–water partition coefficient (Wildman–Crippen LogP) is 1.65. The number of aromatic carboxylic acids is 1. The number of hydrogen-bond donors (Lipinski definition) is 1. The van der Waals surface area contributed by atoms with E-state index in [0.29, 0.717) is 18.9 Å². The molecule has 0 saturated carbocycles. The second-order valence-electron chi connectivity index (χ2n) is 3.56. The second kappa shape index (κ2) is 5.77. The van der Waals surface area contributed by atoms with E-state index in [0.717, 1.165) is 0 Å². The van der Waals surface area contributed by atoms with Gasteiger partial charge in [0.1, 0.15) is 11.0 Å². The van der Waals surface area contributed by atoms with Crippen molar-refractivity contribution < 1.29 is 14.6 Å². The van der Waals surface area contributed by atoms with Crippen LogP contribution in [0.3, 0.4) is 0 Å². The van der Waals surface area contributed by atoms with Gasteiger partial charge in [-0.1, -0.05) is 18.5 Å². The third-order valence-corrected chi connectivity index (χ3v) is 2.14. The summed E-state index contributed by atoms with van der Waals surface area (Å²) >= 11 is 5.71. The minimum Gasteiger partial charge on any atom is -0.477 e. The first kappa shape index (κ1) is 12.9. The fourth-order valence-corrected chi connectivity index (χ4v) is 1.52. The molecule has 6 heteroatoms. The molecule has 0 radical (unpaired) electrons. The van der Waals surface area contributed by atoms with Gasteiger partial charge in [0.15, 0.2) is 5.69 Å². The lowest BCUT2D eigenvalue weighted by molar-refractivity contribution is 0.0689. The third-order valence-electron chi connectivity index (χ3n) is 1.94. The Labute approximate surface area is 98.4 Å². The van der Waals surface area contributed by atoms with Crippen LogP contribution in [0.25, 0.3) is 0 Å². The Kier molecular flexibility index (Phi) is 4.64. The number of aromatic nitrogens is 2. The Morgan fingerprint density at radius 1 is 1.62 bits per heavy atom. The van der Waals surface area contributed by atoms with Crippen LogP contribution in [0.5, 0.6) is 0 Å². The Bertz CT molecular complexity index is 384. The molecule has 1 unspecified atom stereocenters. The second-order valence-corrected chi connectivity index (χ2v) is 3.95. The van der Waals surface area contributed by atoms with Crippen molar-refractivity contribution in [3.8, 4) is 0 Å². The van der Waals surface area contributed by atoms with Crippen LogP contribution in [-0.4, -0.2) is 34.8 Å². The number of hydrogen-bond acceptors (Lipinski definition) is 4. The summed E-state index contributed by atoms with van der Waals surface area (Å²) in [6, 6.07) is 1.23. The quantitative estimate of drug-likeness (QED) is 0.798. The number of methoxy groups -OCH3 is 1. The normalized spacial score (nSPS) is 12.4. The van der Waals surface area contributed by atoms with Gasteiger partial charge in [-0.05, 0) is 5.92 Å². The average molecular weight is 245 g/mol. The number of nitrogens with zero attached hydrogens (tertiary/aromatic N) is 2. The first-order valence-electron chi connectivity index (χ1n) is 4.78. The SMILES string of the molecule is COCC(C)Cc1nc(Cl)cc(C(=O)O)n1. The molecule has 0 aromatic carbocycles. The summed E-state index contributed by atoms with van der Waals surface area (Å²) in [7, 11) is 1.61. The van der Waals surface area contributed by atoms with Crippen molar-refractivity contribution in [1.29, 1.82) is 0 Å². The molecule has 0 spiro atoms. The Morgan fingerprint density at radius 3 is 2.88 bits per heavy atom. The number of carboxylic acid groups (broad SMARTS) is 1. The summed E-state index contributed by atoms with van der Waals surface area (Å²) < 4.78 is 4.98. The number of rotatable bonds is 5. The molecule has 0 saturated heterocycles. The summed E-state index contributed by atoms with van der Waals surface area (Å²) in [4.78, 5) is 18.6. The minimum absolute atomic E-state index is 0.0837. The molecular weight excluding hydrogens is 232 g/mol. The molecule has 0 aliphatic rings. The maximum Gasteiger partial charge on any atom is 0.354 e. The van der Waals surface area contributed by atoms with Gasteiger partial charge in [-0.2, -0.15) is 0 Å². The maximum atomic E-state index is 10.7. The molecule has 0 aliphatic heterocycles. The topological polar surface area (TPSA) is 72.3 Å². The zero-order chi connectivity index (χ0) is 12.1. The van der Waals surface area contributed by atoms with Gasteiger partial charge in [0.25, 0.3) is 0 Å². The van der Waals surface area contributed by atoms with Gasteiger partial charge in [-0.15, -0.1) is 0 Å². The van der Waals surface area contributed by atoms with E-state index in [1.165, 1.54) is 6.07 Å². The fraction of sp³-hybridized carbons (Fsp3) is 0.500. The highest BCUT2D eigenvalue weighted by Gasteiger charge is 2.11. The van der Waals surface area contributed by atoms with Gasteiger partial charge >= 0.3 is 5.97 Å². The third kappa shape index (κ3) is 3.75. The van der Waals surface area contributed by atoms with Gasteiger partial charge in [0.2, 0.25) is 0 Å². The van der Waals surface area contributed by atoms with Crippen LogP contribution in [0.4, 0.5) is 0 Å². The Hall–Kier alpha value is -1.20. The van der Waals surface area contributed by atoms with Crippen LogP contribution in [0.1, 0.15) is 23.2 Å². The summed E-state index contributed by atoms with van der Waals surface area (Å²) in [5, 5.41) is 8.94. The van der Waals surface area contributed by atoms with Gasteiger partial charge in [0.05, 0.1) is 0 Å². The number of carboxylic acids is 1. The van der Waals surface area contributed by atoms with E-state index >= 15 is 0 Å². The molecule has 1 aromatic heterocycles. The molecule has 5 nitrogen and oxygen atoms in total. The van der Waals surface area contributed by atoms with E-state index in [1.54, 1.807) is 7.11 Å². The van der Waals surface area contributed by atoms with Gasteiger partial charge < -0.3 is 9.84 Å². The van der Waals surface area contributed by atoms with Crippen molar-refractivity contribution in [3.05, 3.63) is 22.7 Å². The molecule has 1 N–H and O–H groups in total. The maximum absolute atomic E-state index is 10.7. The van der Waals surface area contributed by atoms with Crippen LogP contribution in [0.15, 0.2) is 6.07 Å². The van der Waals surface area contributed by atoms with Crippen molar-refractivity contribution in [1.82, 2.24) is 9.97 Å². The predicted molar refractivity (Wildman–Crippen MR) is 58.7 cm³/mol. The van der Waals surface area contributed by atoms with Gasteiger partial charge in [-0.3, -0.25) is 0 Å². The average Bonchev–Trinajstić information content (AvgIpc) is 2.16. The molecule has 1 heterocycles. The number of ether oxygens (including phenoxy) is 1. The fourth-order valence-electron chi connectivity index (χ4n) is 1.32. The number of halogens is 1. The van der Waals surface area contributed by atoms with Crippen LogP contribution >= 0.6 is 11.6 Å². The van der Waals surface area contributed by atoms with Crippen LogP contribution in [0, 0.1) is 5.92 Å². The Morgan fingerprint density at radius 2 is 2.31 bits per heavy atom. The Balaban J connectivity index is 2.84. The van der Waals surface area contributed by atoms with E-state index in [-0.39, 0.29) is 16.8 Å².